The second kappa shape index (κ2) is 21.8. The van der Waals surface area contributed by atoms with Gasteiger partial charge in [-0.1, -0.05) is 121 Å². The predicted octanol–water partition coefficient (Wildman–Crippen LogP) is 10.6. The number of nitrogens with zero attached hydrogens (tertiary/aromatic N) is 2. The van der Waals surface area contributed by atoms with Gasteiger partial charge in [-0.25, -0.2) is 4.79 Å². The van der Waals surface area contributed by atoms with Crippen LogP contribution in [0.25, 0.3) is 11.0 Å². The van der Waals surface area contributed by atoms with E-state index in [2.05, 4.69) is 32.0 Å². The molecule has 0 N–H and O–H groups in total. The van der Waals surface area contributed by atoms with E-state index in [9.17, 15) is 18.5 Å². The normalized spacial score (nSPS) is 11.8. The van der Waals surface area contributed by atoms with Gasteiger partial charge in [-0.05, 0) is 61.6 Å². The Bertz CT molecular complexity index is 1960. The highest BCUT2D eigenvalue weighted by molar-refractivity contribution is 7.86. The molecule has 4 rings (SSSR count). The molecule has 1 heterocycles. The summed E-state index contributed by atoms with van der Waals surface area (Å²) in [5.41, 5.74) is 1.17. The highest BCUT2D eigenvalue weighted by atomic mass is 32.2. The van der Waals surface area contributed by atoms with Crippen molar-refractivity contribution in [2.75, 3.05) is 13.2 Å². The van der Waals surface area contributed by atoms with E-state index < -0.39 is 15.7 Å². The molecule has 0 saturated carbocycles. The monoisotopic (exact) mass is 742 g/mol. The first-order valence-corrected chi connectivity index (χ1v) is 20.7. The number of benzene rings is 3. The van der Waals surface area contributed by atoms with Gasteiger partial charge in [0.1, 0.15) is 27.7 Å². The molecule has 9 nitrogen and oxygen atoms in total. The summed E-state index contributed by atoms with van der Waals surface area (Å²) in [7, 11) is -4.35. The maximum absolute atomic E-state index is 13.6. The molecule has 3 aromatic carbocycles. The summed E-state index contributed by atoms with van der Waals surface area (Å²) in [6.07, 6.45) is 17.0. The molecule has 10 heteroatoms. The molecule has 4 aromatic rings. The number of unbranched alkanes of at least 4 members (excludes halogenated alkanes) is 11. The summed E-state index contributed by atoms with van der Waals surface area (Å²) < 4.78 is 49.9. The molecule has 1 aromatic heterocycles. The third kappa shape index (κ3) is 12.8. The van der Waals surface area contributed by atoms with Crippen molar-refractivity contribution in [2.24, 2.45) is 5.16 Å². The van der Waals surface area contributed by atoms with Gasteiger partial charge in [0, 0.05) is 17.7 Å². The second-order valence-electron chi connectivity index (χ2n) is 13.4. The van der Waals surface area contributed by atoms with E-state index >= 15 is 0 Å². The van der Waals surface area contributed by atoms with Crippen LogP contribution in [-0.4, -0.2) is 27.3 Å². The molecule has 0 unspecified atom stereocenters. The zero-order chi connectivity index (χ0) is 37.9. The van der Waals surface area contributed by atoms with Crippen molar-refractivity contribution in [1.82, 2.24) is 0 Å². The molecular weight excluding hydrogens is 689 g/mol. The molecule has 0 saturated heterocycles. The first kappa shape index (κ1) is 41.1. The lowest BCUT2D eigenvalue weighted by molar-refractivity contribution is 0.296. The quantitative estimate of drug-likeness (QED) is 0.0300. The van der Waals surface area contributed by atoms with Crippen molar-refractivity contribution in [1.29, 1.82) is 5.26 Å². The molecule has 0 atom stereocenters. The van der Waals surface area contributed by atoms with Gasteiger partial charge in [-0.15, -0.1) is 0 Å². The van der Waals surface area contributed by atoms with Crippen LogP contribution in [0, 0.1) is 11.3 Å². The Morgan fingerprint density at radius 1 is 0.736 bits per heavy atom. The maximum atomic E-state index is 13.6. The average Bonchev–Trinajstić information content (AvgIpc) is 3.16. The molecule has 284 valence electrons. The fourth-order valence-electron chi connectivity index (χ4n) is 5.92. The molecule has 0 aliphatic carbocycles. The molecule has 0 amide bonds. The van der Waals surface area contributed by atoms with Gasteiger partial charge in [0.05, 0.1) is 35.8 Å². The smallest absolute Gasteiger partial charge is 0.358 e. The highest BCUT2D eigenvalue weighted by Crippen LogP contribution is 2.32. The van der Waals surface area contributed by atoms with Crippen molar-refractivity contribution >= 4 is 26.8 Å². The van der Waals surface area contributed by atoms with Gasteiger partial charge < -0.3 is 13.9 Å². The topological polar surface area (TPSA) is 128 Å². The number of ether oxygens (including phenoxy) is 2. The average molecular weight is 743 g/mol. The second-order valence-corrected chi connectivity index (χ2v) is 14.9. The third-order valence-corrected chi connectivity index (χ3v) is 10.2. The minimum Gasteiger partial charge on any atom is -0.493 e. The van der Waals surface area contributed by atoms with Crippen LogP contribution in [0.5, 0.6) is 11.5 Å². The standard InChI is InChI=1S/C43H54N2O7S/c1-4-7-10-11-12-13-14-15-16-17-18-33-21-25-37(26-22-33)53(47,48)52-45-42(35-23-19-34(32-44)20-24-35)39-31-38-40(50-28-9-6-3)29-36(49-27-8-5-2)30-41(38)51-43(39)46/h19-26,29-31H,4-18,27-28H2,1-3H3. The van der Waals surface area contributed by atoms with E-state index in [-0.39, 0.29) is 21.8 Å². The maximum Gasteiger partial charge on any atom is 0.358 e. The zero-order valence-electron chi connectivity index (χ0n) is 31.5. The van der Waals surface area contributed by atoms with E-state index in [0.717, 1.165) is 50.5 Å². The molecule has 0 fully saturated rings. The number of fused-ring (bicyclic) bond motifs is 1. The molecule has 0 bridgehead atoms. The Labute approximate surface area is 315 Å². The number of hydrogen-bond acceptors (Lipinski definition) is 9. The summed E-state index contributed by atoms with van der Waals surface area (Å²) in [5, 5.41) is 13.9. The first-order valence-electron chi connectivity index (χ1n) is 19.3. The number of aryl methyl sites for hydroxylation is 1. The first-order chi connectivity index (χ1) is 25.8. The third-order valence-electron chi connectivity index (χ3n) is 9.11. The Morgan fingerprint density at radius 2 is 1.34 bits per heavy atom. The van der Waals surface area contributed by atoms with Crippen LogP contribution in [-0.2, 0) is 20.8 Å². The lowest BCUT2D eigenvalue weighted by atomic mass is 10.0. The van der Waals surface area contributed by atoms with Gasteiger partial charge in [-0.3, -0.25) is 4.28 Å². The number of nitriles is 1. The van der Waals surface area contributed by atoms with E-state index in [1.165, 1.54) is 63.5 Å². The molecule has 53 heavy (non-hydrogen) atoms. The van der Waals surface area contributed by atoms with E-state index in [4.69, 9.17) is 18.2 Å². The van der Waals surface area contributed by atoms with Crippen LogP contribution >= 0.6 is 0 Å². The van der Waals surface area contributed by atoms with Crippen LogP contribution in [0.2, 0.25) is 0 Å². The van der Waals surface area contributed by atoms with Gasteiger partial charge in [0.15, 0.2) is 0 Å². The molecule has 0 radical (unpaired) electrons. The van der Waals surface area contributed by atoms with Crippen LogP contribution in [0.15, 0.2) is 86.0 Å². The van der Waals surface area contributed by atoms with Crippen LogP contribution in [0.1, 0.15) is 133 Å². The van der Waals surface area contributed by atoms with Crippen molar-refractivity contribution in [3.8, 4) is 17.6 Å². The minimum absolute atomic E-state index is 0.0377. The molecular formula is C43H54N2O7S. The predicted molar refractivity (Wildman–Crippen MR) is 210 cm³/mol. The summed E-state index contributed by atoms with van der Waals surface area (Å²) >= 11 is 0. The largest absolute Gasteiger partial charge is 0.493 e. The summed E-state index contributed by atoms with van der Waals surface area (Å²) in [4.78, 5) is 13.5. The van der Waals surface area contributed by atoms with Crippen LogP contribution in [0.3, 0.4) is 0 Å². The molecule has 0 aliphatic heterocycles. The van der Waals surface area contributed by atoms with Gasteiger partial charge in [0.25, 0.3) is 0 Å². The fourth-order valence-corrected chi connectivity index (χ4v) is 6.65. The Kier molecular flexibility index (Phi) is 16.9. The van der Waals surface area contributed by atoms with Crippen molar-refractivity contribution in [2.45, 2.75) is 122 Å². The van der Waals surface area contributed by atoms with Crippen molar-refractivity contribution in [3.05, 3.63) is 99.4 Å². The number of hydrogen-bond donors (Lipinski definition) is 0. The van der Waals surface area contributed by atoms with Gasteiger partial charge in [-0.2, -0.15) is 13.7 Å². The zero-order valence-corrected chi connectivity index (χ0v) is 32.3. The molecule has 0 aliphatic rings. The van der Waals surface area contributed by atoms with E-state index in [1.807, 2.05) is 0 Å². The lowest BCUT2D eigenvalue weighted by Gasteiger charge is -2.13. The number of oxime groups is 1. The highest BCUT2D eigenvalue weighted by Gasteiger charge is 2.22. The van der Waals surface area contributed by atoms with E-state index in [1.54, 1.807) is 54.6 Å². The Hall–Kier alpha value is -4.62. The van der Waals surface area contributed by atoms with Crippen LogP contribution < -0.4 is 15.1 Å². The molecule has 0 spiro atoms. The Balaban J connectivity index is 1.56. The Morgan fingerprint density at radius 3 is 1.96 bits per heavy atom. The van der Waals surface area contributed by atoms with Gasteiger partial charge >= 0.3 is 15.7 Å². The SMILES string of the molecule is CCCCCCCCCCCCc1ccc(S(=O)(=O)ON=C(c2ccc(C#N)cc2)c2cc3c(OCCCC)cc(OCCCC)cc3oc2=O)cc1. The summed E-state index contributed by atoms with van der Waals surface area (Å²) in [6, 6.07) is 19.9. The lowest BCUT2D eigenvalue weighted by Crippen LogP contribution is -2.17. The summed E-state index contributed by atoms with van der Waals surface area (Å²) in [6.45, 7) is 7.31. The summed E-state index contributed by atoms with van der Waals surface area (Å²) in [5.74, 6) is 0.969. The van der Waals surface area contributed by atoms with Crippen molar-refractivity contribution in [3.63, 3.8) is 0 Å². The van der Waals surface area contributed by atoms with E-state index in [0.29, 0.717) is 41.2 Å². The van der Waals surface area contributed by atoms with Crippen LogP contribution in [0.4, 0.5) is 0 Å². The van der Waals surface area contributed by atoms with Gasteiger partial charge in [0.2, 0.25) is 0 Å². The fraction of sp³-hybridized carbons (Fsp3) is 0.465. The van der Waals surface area contributed by atoms with Crippen molar-refractivity contribution < 1.29 is 26.6 Å². The number of rotatable bonds is 24. The minimum atomic E-state index is -4.35.